The molecule has 1 aliphatic rings. The molecule has 0 spiro atoms. The fourth-order valence-corrected chi connectivity index (χ4v) is 2.38. The summed E-state index contributed by atoms with van der Waals surface area (Å²) in [5.74, 6) is 0.983. The Balaban J connectivity index is 2.26. The van der Waals surface area contributed by atoms with E-state index in [0.29, 0.717) is 5.15 Å². The van der Waals surface area contributed by atoms with E-state index in [2.05, 4.69) is 14.9 Å². The number of halogens is 1. The van der Waals surface area contributed by atoms with Gasteiger partial charge in [0.2, 0.25) is 0 Å². The summed E-state index contributed by atoms with van der Waals surface area (Å²) in [7, 11) is 0. The van der Waals surface area contributed by atoms with Crippen LogP contribution in [0.4, 0.5) is 5.82 Å². The third kappa shape index (κ3) is 2.53. The summed E-state index contributed by atoms with van der Waals surface area (Å²) in [4.78, 5) is 10.9. The number of anilines is 1. The predicted octanol–water partition coefficient (Wildman–Crippen LogP) is 1.95. The number of hydrogen-bond acceptors (Lipinski definition) is 4. The lowest BCUT2D eigenvalue weighted by Gasteiger charge is -2.35. The first-order valence-electron chi connectivity index (χ1n) is 5.92. The van der Waals surface area contributed by atoms with Crippen LogP contribution in [0, 0.1) is 19.8 Å². The van der Waals surface area contributed by atoms with E-state index in [1.54, 1.807) is 0 Å². The van der Waals surface area contributed by atoms with E-state index in [-0.39, 0.29) is 12.0 Å². The molecule has 0 radical (unpaired) electrons. The molecule has 0 aliphatic carbocycles. The van der Waals surface area contributed by atoms with Crippen LogP contribution in [-0.4, -0.2) is 34.3 Å². The Bertz CT molecular complexity index is 424. The van der Waals surface area contributed by atoms with E-state index < -0.39 is 0 Å². The molecule has 94 valence electrons. The van der Waals surface area contributed by atoms with Gasteiger partial charge in [-0.15, -0.1) is 0 Å². The number of aryl methyl sites for hydroxylation is 2. The van der Waals surface area contributed by atoms with Gasteiger partial charge in [-0.25, -0.2) is 9.97 Å². The summed E-state index contributed by atoms with van der Waals surface area (Å²) < 4.78 is 0. The second-order valence-electron chi connectivity index (χ2n) is 4.79. The Labute approximate surface area is 107 Å². The Morgan fingerprint density at radius 2 is 1.94 bits per heavy atom. The molecule has 0 amide bonds. The van der Waals surface area contributed by atoms with Crippen LogP contribution in [0.3, 0.4) is 0 Å². The molecular weight excluding hydrogens is 238 g/mol. The Morgan fingerprint density at radius 1 is 1.29 bits per heavy atom. The maximum absolute atomic E-state index is 9.71. The molecule has 1 aromatic rings. The zero-order valence-corrected chi connectivity index (χ0v) is 11.2. The topological polar surface area (TPSA) is 49.2 Å². The molecule has 1 saturated heterocycles. The molecule has 0 saturated carbocycles. The fourth-order valence-electron chi connectivity index (χ4n) is 2.09. The minimum Gasteiger partial charge on any atom is -0.393 e. The molecule has 2 atom stereocenters. The van der Waals surface area contributed by atoms with Crippen LogP contribution in [0.15, 0.2) is 0 Å². The van der Waals surface area contributed by atoms with Crippen LogP contribution in [-0.2, 0) is 0 Å². The number of aromatic nitrogens is 2. The number of nitrogens with zero attached hydrogens (tertiary/aromatic N) is 3. The van der Waals surface area contributed by atoms with Gasteiger partial charge in [-0.2, -0.15) is 0 Å². The standard InChI is InChI=1S/C12H18ClN3O/c1-7-6-16(5-4-10(7)17)12-11(13)14-8(2)9(3)15-12/h7,10,17H,4-6H2,1-3H3. The van der Waals surface area contributed by atoms with E-state index in [4.69, 9.17) is 11.6 Å². The number of aliphatic hydroxyl groups is 1. The highest BCUT2D eigenvalue weighted by Crippen LogP contribution is 2.27. The number of piperidine rings is 1. The summed E-state index contributed by atoms with van der Waals surface area (Å²) in [5.41, 5.74) is 1.77. The monoisotopic (exact) mass is 255 g/mol. The zero-order valence-electron chi connectivity index (χ0n) is 10.4. The first-order valence-corrected chi connectivity index (χ1v) is 6.30. The lowest BCUT2D eigenvalue weighted by Crippen LogP contribution is -2.42. The molecule has 1 N–H and O–H groups in total. The molecule has 1 fully saturated rings. The van der Waals surface area contributed by atoms with Crippen molar-refractivity contribution in [2.75, 3.05) is 18.0 Å². The number of hydrogen-bond donors (Lipinski definition) is 1. The summed E-state index contributed by atoms with van der Waals surface area (Å²) in [6, 6.07) is 0. The fraction of sp³-hybridized carbons (Fsp3) is 0.667. The molecule has 0 aromatic carbocycles. The second-order valence-corrected chi connectivity index (χ2v) is 5.15. The minimum absolute atomic E-state index is 0.218. The Kier molecular flexibility index (Phi) is 3.54. The van der Waals surface area contributed by atoms with Gasteiger partial charge in [0, 0.05) is 13.1 Å². The Hall–Kier alpha value is -0.870. The smallest absolute Gasteiger partial charge is 0.171 e. The molecular formula is C12H18ClN3O. The largest absolute Gasteiger partial charge is 0.393 e. The average molecular weight is 256 g/mol. The number of rotatable bonds is 1. The highest BCUT2D eigenvalue weighted by Gasteiger charge is 2.26. The van der Waals surface area contributed by atoms with E-state index in [1.807, 2.05) is 20.8 Å². The van der Waals surface area contributed by atoms with Gasteiger partial charge in [0.15, 0.2) is 11.0 Å². The second kappa shape index (κ2) is 4.78. The van der Waals surface area contributed by atoms with Crippen LogP contribution in [0.2, 0.25) is 5.15 Å². The van der Waals surface area contributed by atoms with Crippen molar-refractivity contribution in [1.29, 1.82) is 0 Å². The third-order valence-electron chi connectivity index (χ3n) is 3.41. The molecule has 4 nitrogen and oxygen atoms in total. The highest BCUT2D eigenvalue weighted by atomic mass is 35.5. The van der Waals surface area contributed by atoms with Crippen molar-refractivity contribution in [1.82, 2.24) is 9.97 Å². The average Bonchev–Trinajstić information content (AvgIpc) is 2.27. The quantitative estimate of drug-likeness (QED) is 0.833. The molecule has 5 heteroatoms. The molecule has 2 unspecified atom stereocenters. The van der Waals surface area contributed by atoms with Crippen molar-refractivity contribution < 1.29 is 5.11 Å². The van der Waals surface area contributed by atoms with Crippen molar-refractivity contribution in [3.63, 3.8) is 0 Å². The van der Waals surface area contributed by atoms with E-state index in [1.165, 1.54) is 0 Å². The highest BCUT2D eigenvalue weighted by molar-refractivity contribution is 6.31. The molecule has 0 bridgehead atoms. The van der Waals surface area contributed by atoms with Crippen LogP contribution < -0.4 is 4.90 Å². The molecule has 17 heavy (non-hydrogen) atoms. The molecule has 2 rings (SSSR count). The van der Waals surface area contributed by atoms with E-state index >= 15 is 0 Å². The van der Waals surface area contributed by atoms with Gasteiger partial charge in [-0.05, 0) is 26.2 Å². The summed E-state index contributed by atoms with van der Waals surface area (Å²) >= 11 is 6.14. The van der Waals surface area contributed by atoms with Crippen LogP contribution in [0.25, 0.3) is 0 Å². The SMILES string of the molecule is Cc1nc(Cl)c(N2CCC(O)C(C)C2)nc1C. The minimum atomic E-state index is -0.218. The van der Waals surface area contributed by atoms with Crippen LogP contribution in [0.5, 0.6) is 0 Å². The normalized spacial score (nSPS) is 25.1. The van der Waals surface area contributed by atoms with Crippen molar-refractivity contribution >= 4 is 17.4 Å². The van der Waals surface area contributed by atoms with Gasteiger partial charge >= 0.3 is 0 Å². The maximum Gasteiger partial charge on any atom is 0.171 e. The van der Waals surface area contributed by atoms with Crippen molar-refractivity contribution in [2.45, 2.75) is 33.3 Å². The molecule has 1 aliphatic heterocycles. The molecule has 1 aromatic heterocycles. The lowest BCUT2D eigenvalue weighted by molar-refractivity contribution is 0.0968. The van der Waals surface area contributed by atoms with Crippen molar-refractivity contribution in [3.05, 3.63) is 16.5 Å². The van der Waals surface area contributed by atoms with Gasteiger partial charge in [-0.3, -0.25) is 0 Å². The summed E-state index contributed by atoms with van der Waals surface area (Å²) in [6.07, 6.45) is 0.538. The zero-order chi connectivity index (χ0) is 12.6. The first-order chi connectivity index (χ1) is 7.99. The van der Waals surface area contributed by atoms with E-state index in [9.17, 15) is 5.11 Å². The van der Waals surface area contributed by atoms with Crippen molar-refractivity contribution in [2.24, 2.45) is 5.92 Å². The Morgan fingerprint density at radius 3 is 2.59 bits per heavy atom. The van der Waals surface area contributed by atoms with Crippen LogP contribution in [0.1, 0.15) is 24.7 Å². The van der Waals surface area contributed by atoms with Gasteiger partial charge in [0.05, 0.1) is 17.5 Å². The van der Waals surface area contributed by atoms with Crippen LogP contribution >= 0.6 is 11.6 Å². The summed E-state index contributed by atoms with van der Waals surface area (Å²) in [5, 5.41) is 10.2. The van der Waals surface area contributed by atoms with E-state index in [0.717, 1.165) is 36.7 Å². The maximum atomic E-state index is 9.71. The van der Waals surface area contributed by atoms with Gasteiger partial charge in [0.1, 0.15) is 0 Å². The van der Waals surface area contributed by atoms with Gasteiger partial charge in [-0.1, -0.05) is 18.5 Å². The number of aliphatic hydroxyl groups excluding tert-OH is 1. The summed E-state index contributed by atoms with van der Waals surface area (Å²) in [6.45, 7) is 7.44. The first kappa shape index (κ1) is 12.6. The third-order valence-corrected chi connectivity index (χ3v) is 3.66. The van der Waals surface area contributed by atoms with Gasteiger partial charge < -0.3 is 10.0 Å². The predicted molar refractivity (Wildman–Crippen MR) is 68.5 cm³/mol. The molecule has 2 heterocycles. The van der Waals surface area contributed by atoms with Gasteiger partial charge in [0.25, 0.3) is 0 Å². The lowest BCUT2D eigenvalue weighted by atomic mass is 9.97. The van der Waals surface area contributed by atoms with Crippen molar-refractivity contribution in [3.8, 4) is 0 Å².